The van der Waals surface area contributed by atoms with E-state index in [-0.39, 0.29) is 0 Å². The van der Waals surface area contributed by atoms with Crippen molar-refractivity contribution in [2.75, 3.05) is 9.80 Å². The van der Waals surface area contributed by atoms with Gasteiger partial charge in [0.15, 0.2) is 8.07 Å². The van der Waals surface area contributed by atoms with Crippen LogP contribution in [0, 0.1) is 0 Å². The Kier molecular flexibility index (Phi) is 11.9. The zero-order valence-electron chi connectivity index (χ0n) is 36.1. The fourth-order valence-electron chi connectivity index (χ4n) is 9.18. The first-order valence-corrected chi connectivity index (χ1v) is 24.3. The molecule has 10 aromatic carbocycles. The van der Waals surface area contributed by atoms with Crippen molar-refractivity contribution < 1.29 is 0 Å². The quantitative estimate of drug-likeness (QED) is 0.0648. The average Bonchev–Trinajstić information content (AvgIpc) is 3.39. The summed E-state index contributed by atoms with van der Waals surface area (Å²) in [7, 11) is -2.67. The molecule has 10 rings (SSSR count). The molecule has 0 unspecified atom stereocenters. The summed E-state index contributed by atoms with van der Waals surface area (Å²) in [5.74, 6) is 0. The Balaban J connectivity index is 1.09. The van der Waals surface area contributed by atoms with Gasteiger partial charge in [0, 0.05) is 34.1 Å². The first kappa shape index (κ1) is 40.8. The molecule has 0 aliphatic rings. The SMILES string of the molecule is C(=C(c1ccc(N(c2ccccc2)c2ccccc2)cc1)c1ccc(N(c2ccccc2)c2ccccc2)cc1)c1ccc([Si](c2ccccc2)(c2ccccc2)c2ccccc2)cc1. The van der Waals surface area contributed by atoms with Gasteiger partial charge in [-0.1, -0.05) is 212 Å². The lowest BCUT2D eigenvalue weighted by atomic mass is 9.95. The summed E-state index contributed by atoms with van der Waals surface area (Å²) in [6.45, 7) is 0. The second-order valence-corrected chi connectivity index (χ2v) is 19.9. The molecule has 3 heteroatoms. The van der Waals surface area contributed by atoms with Crippen LogP contribution in [0.1, 0.15) is 16.7 Å². The highest BCUT2D eigenvalue weighted by Gasteiger charge is 2.41. The smallest absolute Gasteiger partial charge is 0.179 e. The first-order chi connectivity index (χ1) is 32.3. The van der Waals surface area contributed by atoms with Crippen molar-refractivity contribution in [1.82, 2.24) is 0 Å². The molecule has 0 aliphatic heterocycles. The minimum absolute atomic E-state index is 1.09. The topological polar surface area (TPSA) is 6.48 Å². The molecule has 0 spiro atoms. The number of anilines is 6. The van der Waals surface area contributed by atoms with Crippen LogP contribution in [0.3, 0.4) is 0 Å². The Morgan fingerprint density at radius 2 is 0.492 bits per heavy atom. The Morgan fingerprint density at radius 3 is 0.785 bits per heavy atom. The Hall–Kier alpha value is -8.24. The van der Waals surface area contributed by atoms with Gasteiger partial charge in [-0.2, -0.15) is 0 Å². The number of benzene rings is 10. The average molecular weight is 849 g/mol. The number of hydrogen-bond acceptors (Lipinski definition) is 2. The molecule has 0 amide bonds. The van der Waals surface area contributed by atoms with Gasteiger partial charge in [-0.25, -0.2) is 0 Å². The molecule has 0 saturated carbocycles. The van der Waals surface area contributed by atoms with Crippen LogP contribution in [0.2, 0.25) is 0 Å². The number of rotatable bonds is 13. The third-order valence-corrected chi connectivity index (χ3v) is 17.0. The molecular formula is C62H48N2Si. The molecule has 0 aromatic heterocycles. The Morgan fingerprint density at radius 1 is 0.246 bits per heavy atom. The van der Waals surface area contributed by atoms with E-state index in [2.05, 4.69) is 301 Å². The molecule has 0 bridgehead atoms. The van der Waals surface area contributed by atoms with Crippen LogP contribution in [0.5, 0.6) is 0 Å². The van der Waals surface area contributed by atoms with Crippen LogP contribution < -0.4 is 30.5 Å². The second-order valence-electron chi connectivity index (χ2n) is 16.1. The summed E-state index contributed by atoms with van der Waals surface area (Å²) in [6, 6.07) is 103. The van der Waals surface area contributed by atoms with Crippen LogP contribution >= 0.6 is 0 Å². The Labute approximate surface area is 384 Å². The van der Waals surface area contributed by atoms with Gasteiger partial charge < -0.3 is 9.80 Å². The summed E-state index contributed by atoms with van der Waals surface area (Å²) in [5.41, 5.74) is 11.2. The van der Waals surface area contributed by atoms with E-state index in [0.29, 0.717) is 0 Å². The van der Waals surface area contributed by atoms with E-state index in [9.17, 15) is 0 Å². The fourth-order valence-corrected chi connectivity index (χ4v) is 13.9. The molecule has 310 valence electrons. The molecule has 2 nitrogen and oxygen atoms in total. The molecule has 0 aliphatic carbocycles. The third-order valence-electron chi connectivity index (χ3n) is 12.2. The van der Waals surface area contributed by atoms with Crippen LogP contribution in [-0.2, 0) is 0 Å². The van der Waals surface area contributed by atoms with Crippen LogP contribution in [-0.4, -0.2) is 8.07 Å². The highest BCUT2D eigenvalue weighted by atomic mass is 28.3. The molecular weight excluding hydrogens is 801 g/mol. The molecule has 0 radical (unpaired) electrons. The summed E-state index contributed by atoms with van der Waals surface area (Å²) in [4.78, 5) is 4.62. The van der Waals surface area contributed by atoms with Gasteiger partial charge in [-0.3, -0.25) is 0 Å². The normalized spacial score (nSPS) is 11.1. The molecule has 0 heterocycles. The number of hydrogen-bond donors (Lipinski definition) is 0. The zero-order valence-corrected chi connectivity index (χ0v) is 37.1. The zero-order chi connectivity index (χ0) is 43.7. The number of nitrogens with zero attached hydrogens (tertiary/aromatic N) is 2. The van der Waals surface area contributed by atoms with Crippen molar-refractivity contribution in [3.8, 4) is 0 Å². The fraction of sp³-hybridized carbons (Fsp3) is 0. The largest absolute Gasteiger partial charge is 0.311 e. The van der Waals surface area contributed by atoms with Crippen molar-refractivity contribution in [2.24, 2.45) is 0 Å². The van der Waals surface area contributed by atoms with Crippen molar-refractivity contribution >= 4 is 74.6 Å². The minimum atomic E-state index is -2.67. The Bertz CT molecular complexity index is 2770. The molecule has 65 heavy (non-hydrogen) atoms. The minimum Gasteiger partial charge on any atom is -0.311 e. The maximum Gasteiger partial charge on any atom is 0.179 e. The van der Waals surface area contributed by atoms with Crippen molar-refractivity contribution in [1.29, 1.82) is 0 Å². The summed E-state index contributed by atoms with van der Waals surface area (Å²) >= 11 is 0. The monoisotopic (exact) mass is 848 g/mol. The maximum absolute atomic E-state index is 2.67. The van der Waals surface area contributed by atoms with E-state index in [1.807, 2.05) is 0 Å². The van der Waals surface area contributed by atoms with Gasteiger partial charge in [0.05, 0.1) is 0 Å². The van der Waals surface area contributed by atoms with E-state index in [1.54, 1.807) is 0 Å². The lowest BCUT2D eigenvalue weighted by molar-refractivity contribution is 1.28. The predicted molar refractivity (Wildman–Crippen MR) is 279 cm³/mol. The highest BCUT2D eigenvalue weighted by molar-refractivity contribution is 7.19. The van der Waals surface area contributed by atoms with Crippen molar-refractivity contribution in [3.05, 3.63) is 302 Å². The maximum atomic E-state index is 2.38. The highest BCUT2D eigenvalue weighted by Crippen LogP contribution is 2.38. The van der Waals surface area contributed by atoms with Crippen LogP contribution in [0.15, 0.2) is 285 Å². The molecule has 0 N–H and O–H groups in total. The molecule has 0 atom stereocenters. The molecule has 0 fully saturated rings. The van der Waals surface area contributed by atoms with Gasteiger partial charge in [0.2, 0.25) is 0 Å². The molecule has 10 aromatic rings. The van der Waals surface area contributed by atoms with E-state index in [4.69, 9.17) is 0 Å². The third kappa shape index (κ3) is 8.49. The van der Waals surface area contributed by atoms with E-state index in [1.165, 1.54) is 20.7 Å². The predicted octanol–water partition coefficient (Wildman–Crippen LogP) is 13.6. The van der Waals surface area contributed by atoms with Crippen LogP contribution in [0.4, 0.5) is 34.1 Å². The number of para-hydroxylation sites is 4. The van der Waals surface area contributed by atoms with Gasteiger partial charge in [0.25, 0.3) is 0 Å². The van der Waals surface area contributed by atoms with Crippen LogP contribution in [0.25, 0.3) is 11.6 Å². The van der Waals surface area contributed by atoms with Gasteiger partial charge >= 0.3 is 0 Å². The van der Waals surface area contributed by atoms with Gasteiger partial charge in [-0.15, -0.1) is 0 Å². The summed E-state index contributed by atoms with van der Waals surface area (Å²) in [5, 5.41) is 5.43. The van der Waals surface area contributed by atoms with Gasteiger partial charge in [-0.05, 0) is 122 Å². The summed E-state index contributed by atoms with van der Waals surface area (Å²) in [6.07, 6.45) is 2.35. The van der Waals surface area contributed by atoms with Gasteiger partial charge in [0.1, 0.15) is 0 Å². The van der Waals surface area contributed by atoms with Crippen molar-refractivity contribution in [3.63, 3.8) is 0 Å². The molecule has 0 saturated heterocycles. The van der Waals surface area contributed by atoms with E-state index in [0.717, 1.165) is 56.4 Å². The van der Waals surface area contributed by atoms with E-state index >= 15 is 0 Å². The second kappa shape index (κ2) is 19.0. The first-order valence-electron chi connectivity index (χ1n) is 22.3. The standard InChI is InChI=1S/C62H48N2Si/c1-8-22-52(23-9-1)63(53-24-10-2-11-25-53)56-42-38-50(39-43-56)62(51-40-44-57(45-41-51)64(54-26-12-3-13-27-54)55-28-14-4-15-29-55)48-49-36-46-61(47-37-49)65(58-30-16-5-17-31-58,59-32-18-6-19-33-59)60-34-20-7-21-35-60/h1-48H. The lowest BCUT2D eigenvalue weighted by Gasteiger charge is -2.34. The summed E-state index contributed by atoms with van der Waals surface area (Å²) < 4.78 is 0. The lowest BCUT2D eigenvalue weighted by Crippen LogP contribution is -2.74. The van der Waals surface area contributed by atoms with Crippen molar-refractivity contribution in [2.45, 2.75) is 0 Å². The van der Waals surface area contributed by atoms with E-state index < -0.39 is 8.07 Å².